The summed E-state index contributed by atoms with van der Waals surface area (Å²) in [7, 11) is 0. The Morgan fingerprint density at radius 3 is 2.90 bits per heavy atom. The maximum absolute atomic E-state index is 12.0. The fourth-order valence-corrected chi connectivity index (χ4v) is 2.24. The van der Waals surface area contributed by atoms with E-state index in [9.17, 15) is 14.4 Å². The van der Waals surface area contributed by atoms with Crippen LogP contribution in [0.2, 0.25) is 0 Å². The molecule has 114 valence electrons. The molecule has 0 spiro atoms. The van der Waals surface area contributed by atoms with Crippen LogP contribution in [0.5, 0.6) is 5.75 Å². The van der Waals surface area contributed by atoms with Gasteiger partial charge in [-0.05, 0) is 19.8 Å². The maximum Gasteiger partial charge on any atom is 0.242 e. The van der Waals surface area contributed by atoms with Crippen LogP contribution in [-0.2, 0) is 16.1 Å². The normalized spacial score (nSPS) is 16.6. The number of amides is 2. The van der Waals surface area contributed by atoms with Gasteiger partial charge < -0.3 is 19.7 Å². The van der Waals surface area contributed by atoms with Gasteiger partial charge in [0.05, 0.1) is 6.54 Å². The number of aromatic hydroxyl groups is 1. The Kier molecular flexibility index (Phi) is 4.62. The van der Waals surface area contributed by atoms with E-state index in [1.54, 1.807) is 11.8 Å². The molecule has 1 aromatic heterocycles. The van der Waals surface area contributed by atoms with Crippen molar-refractivity contribution in [1.82, 2.24) is 10.2 Å². The molecule has 0 radical (unpaired) electrons. The average molecular weight is 294 g/mol. The van der Waals surface area contributed by atoms with E-state index in [1.807, 2.05) is 0 Å². The summed E-state index contributed by atoms with van der Waals surface area (Å²) in [4.78, 5) is 36.6. The fraction of sp³-hybridized carbons (Fsp3) is 0.500. The van der Waals surface area contributed by atoms with Gasteiger partial charge in [0.1, 0.15) is 18.1 Å². The third-order valence-corrected chi connectivity index (χ3v) is 3.51. The molecule has 1 atom stereocenters. The molecule has 1 aliphatic heterocycles. The van der Waals surface area contributed by atoms with Crippen LogP contribution >= 0.6 is 0 Å². The van der Waals surface area contributed by atoms with Crippen molar-refractivity contribution in [1.29, 1.82) is 0 Å². The second kappa shape index (κ2) is 6.43. The van der Waals surface area contributed by atoms with E-state index in [4.69, 9.17) is 9.52 Å². The van der Waals surface area contributed by atoms with Gasteiger partial charge in [0, 0.05) is 19.0 Å². The maximum atomic E-state index is 12.0. The first-order valence-corrected chi connectivity index (χ1v) is 6.87. The van der Waals surface area contributed by atoms with Crippen molar-refractivity contribution >= 4 is 11.8 Å². The number of likely N-dealkylation sites (tertiary alicyclic amines) is 1. The predicted molar refractivity (Wildman–Crippen MR) is 73.5 cm³/mol. The Morgan fingerprint density at radius 1 is 1.48 bits per heavy atom. The lowest BCUT2D eigenvalue weighted by molar-refractivity contribution is -0.141. The van der Waals surface area contributed by atoms with Crippen LogP contribution in [0.25, 0.3) is 0 Å². The van der Waals surface area contributed by atoms with Crippen LogP contribution in [0.3, 0.4) is 0 Å². The lowest BCUT2D eigenvalue weighted by Gasteiger charge is -2.31. The van der Waals surface area contributed by atoms with Gasteiger partial charge in [-0.1, -0.05) is 0 Å². The van der Waals surface area contributed by atoms with Crippen molar-refractivity contribution in [2.24, 2.45) is 0 Å². The van der Waals surface area contributed by atoms with Gasteiger partial charge in [-0.2, -0.15) is 0 Å². The fourth-order valence-electron chi connectivity index (χ4n) is 2.24. The molecule has 7 nitrogen and oxygen atoms in total. The van der Waals surface area contributed by atoms with Gasteiger partial charge in [0.2, 0.25) is 17.2 Å². The Balaban J connectivity index is 1.93. The minimum absolute atomic E-state index is 0.0138. The van der Waals surface area contributed by atoms with Crippen molar-refractivity contribution in [3.05, 3.63) is 28.3 Å². The van der Waals surface area contributed by atoms with E-state index in [1.165, 1.54) is 0 Å². The highest BCUT2D eigenvalue weighted by molar-refractivity contribution is 5.87. The number of piperidine rings is 1. The predicted octanol–water partition coefficient (Wildman–Crippen LogP) is 0.363. The lowest BCUT2D eigenvalue weighted by Crippen LogP contribution is -2.49. The Bertz CT molecular complexity index is 595. The van der Waals surface area contributed by atoms with Crippen molar-refractivity contribution in [3.63, 3.8) is 0 Å². The van der Waals surface area contributed by atoms with Gasteiger partial charge in [0.25, 0.3) is 0 Å². The molecule has 0 aliphatic carbocycles. The first-order valence-electron chi connectivity index (χ1n) is 6.87. The summed E-state index contributed by atoms with van der Waals surface area (Å²) in [5, 5.41) is 11.7. The third-order valence-electron chi connectivity index (χ3n) is 3.51. The van der Waals surface area contributed by atoms with Crippen molar-refractivity contribution in [2.45, 2.75) is 38.8 Å². The molecule has 0 aromatic carbocycles. The molecule has 0 bridgehead atoms. The first-order chi connectivity index (χ1) is 9.99. The first kappa shape index (κ1) is 15.1. The van der Waals surface area contributed by atoms with Gasteiger partial charge in [-0.3, -0.25) is 14.4 Å². The number of carbonyl (C=O) groups excluding carboxylic acids is 2. The summed E-state index contributed by atoms with van der Waals surface area (Å²) in [5.74, 6) is -0.554. The smallest absolute Gasteiger partial charge is 0.242 e. The quantitative estimate of drug-likeness (QED) is 0.835. The van der Waals surface area contributed by atoms with E-state index in [0.717, 1.165) is 25.2 Å². The molecular formula is C14H18N2O5. The van der Waals surface area contributed by atoms with Crippen LogP contribution in [0, 0.1) is 0 Å². The van der Waals surface area contributed by atoms with Crippen LogP contribution in [0.15, 0.2) is 21.5 Å². The molecule has 21 heavy (non-hydrogen) atoms. The van der Waals surface area contributed by atoms with E-state index < -0.39 is 17.2 Å². The third kappa shape index (κ3) is 3.62. The Morgan fingerprint density at radius 2 is 2.24 bits per heavy atom. The molecule has 1 fully saturated rings. The molecule has 2 N–H and O–H groups in total. The van der Waals surface area contributed by atoms with Crippen LogP contribution in [-0.4, -0.2) is 34.4 Å². The number of hydrogen-bond acceptors (Lipinski definition) is 5. The zero-order valence-corrected chi connectivity index (χ0v) is 11.8. The molecule has 7 heteroatoms. The molecule has 2 heterocycles. The van der Waals surface area contributed by atoms with Crippen LogP contribution in [0.1, 0.15) is 31.9 Å². The molecule has 0 saturated carbocycles. The number of nitrogens with zero attached hydrogens (tertiary/aromatic N) is 1. The second-order valence-corrected chi connectivity index (χ2v) is 5.03. The molecule has 1 saturated heterocycles. The summed E-state index contributed by atoms with van der Waals surface area (Å²) < 4.78 is 4.99. The number of nitrogens with one attached hydrogen (secondary N) is 1. The second-order valence-electron chi connectivity index (χ2n) is 5.03. The zero-order chi connectivity index (χ0) is 15.4. The average Bonchev–Trinajstić information content (AvgIpc) is 2.48. The SMILES string of the molecule is CC(C(=O)NCc1cc(=O)c(O)co1)N1CCCCC1=O. The minimum atomic E-state index is -0.565. The van der Waals surface area contributed by atoms with Crippen LogP contribution in [0.4, 0.5) is 0 Å². The molecular weight excluding hydrogens is 276 g/mol. The van der Waals surface area contributed by atoms with Crippen molar-refractivity contribution in [3.8, 4) is 5.75 Å². The molecule has 1 aliphatic rings. The van der Waals surface area contributed by atoms with E-state index in [0.29, 0.717) is 13.0 Å². The number of carbonyl (C=O) groups is 2. The molecule has 1 unspecified atom stereocenters. The molecule has 2 rings (SSSR count). The Hall–Kier alpha value is -2.31. The minimum Gasteiger partial charge on any atom is -0.502 e. The van der Waals surface area contributed by atoms with Gasteiger partial charge >= 0.3 is 0 Å². The summed E-state index contributed by atoms with van der Waals surface area (Å²) in [6, 6.07) is 0.563. The zero-order valence-electron chi connectivity index (χ0n) is 11.8. The van der Waals surface area contributed by atoms with Crippen molar-refractivity contribution < 1.29 is 19.1 Å². The standard InChI is InChI=1S/C14H18N2O5/c1-9(16-5-3-2-4-13(16)19)14(20)15-7-10-6-11(17)12(18)8-21-10/h6,8-9,18H,2-5,7H2,1H3,(H,15,20). The highest BCUT2D eigenvalue weighted by Gasteiger charge is 2.27. The Labute approximate surface area is 121 Å². The highest BCUT2D eigenvalue weighted by Crippen LogP contribution is 2.14. The summed E-state index contributed by atoms with van der Waals surface area (Å²) in [6.45, 7) is 2.29. The van der Waals surface area contributed by atoms with E-state index >= 15 is 0 Å². The summed E-state index contributed by atoms with van der Waals surface area (Å²) >= 11 is 0. The van der Waals surface area contributed by atoms with E-state index in [2.05, 4.69) is 5.32 Å². The molecule has 2 amide bonds. The number of rotatable bonds is 4. The largest absolute Gasteiger partial charge is 0.502 e. The van der Waals surface area contributed by atoms with Gasteiger partial charge in [-0.25, -0.2) is 0 Å². The monoisotopic (exact) mass is 294 g/mol. The lowest BCUT2D eigenvalue weighted by atomic mass is 10.1. The van der Waals surface area contributed by atoms with Gasteiger partial charge in [0.15, 0.2) is 5.75 Å². The molecule has 1 aromatic rings. The topological polar surface area (TPSA) is 99.8 Å². The van der Waals surface area contributed by atoms with Crippen LogP contribution < -0.4 is 10.7 Å². The number of hydrogen-bond donors (Lipinski definition) is 2. The van der Waals surface area contributed by atoms with Crippen molar-refractivity contribution in [2.75, 3.05) is 6.54 Å². The van der Waals surface area contributed by atoms with E-state index in [-0.39, 0.29) is 24.1 Å². The van der Waals surface area contributed by atoms with Gasteiger partial charge in [-0.15, -0.1) is 0 Å². The highest BCUT2D eigenvalue weighted by atomic mass is 16.4. The summed E-state index contributed by atoms with van der Waals surface area (Å²) in [5.41, 5.74) is -0.565. The summed E-state index contributed by atoms with van der Waals surface area (Å²) in [6.07, 6.45) is 3.17.